The molecule has 1 amide bonds. The van der Waals surface area contributed by atoms with Crippen LogP contribution in [0.25, 0.3) is 5.52 Å². The molecule has 0 radical (unpaired) electrons. The smallest absolute Gasteiger partial charge is 0.290 e. The summed E-state index contributed by atoms with van der Waals surface area (Å²) in [5, 5.41) is 11.1. The number of nitrogens with one attached hydrogen (secondary N) is 1. The van der Waals surface area contributed by atoms with Crippen LogP contribution in [0, 0.1) is 0 Å². The molecule has 0 aliphatic carbocycles. The number of carbonyl (C=O) groups excluding carboxylic acids is 1. The van der Waals surface area contributed by atoms with Crippen LogP contribution in [-0.2, 0) is 4.79 Å². The van der Waals surface area contributed by atoms with Crippen LogP contribution in [0.4, 0.5) is 5.82 Å². The van der Waals surface area contributed by atoms with Crippen LogP contribution in [0.5, 0.6) is 0 Å². The second-order valence-electron chi connectivity index (χ2n) is 6.91. The van der Waals surface area contributed by atoms with Gasteiger partial charge in [-0.3, -0.25) is 4.79 Å². The molecule has 2 aliphatic rings. The van der Waals surface area contributed by atoms with Crippen molar-refractivity contribution in [1.82, 2.24) is 14.7 Å². The van der Waals surface area contributed by atoms with Crippen LogP contribution in [0.3, 0.4) is 0 Å². The Balaban J connectivity index is 1.25. The fourth-order valence-corrected chi connectivity index (χ4v) is 3.67. The van der Waals surface area contributed by atoms with Crippen molar-refractivity contribution < 1.29 is 4.79 Å². The molecule has 0 saturated carbocycles. The van der Waals surface area contributed by atoms with Crippen LogP contribution in [0.15, 0.2) is 76.3 Å². The standard InChI is InChI=1S/C20H19N7O/c28-20(18-23-17(24-25-18)14-5-2-1-3-6-14)22-15-8-11-27(13-15)19-16-7-4-10-26(16)12-9-21-19/h1-7,9-10,12,15,17H,8,11,13H2,(H,22,28)/t15-,17?/m0/s1. The number of hydrogen-bond donors (Lipinski definition) is 1. The predicted molar refractivity (Wildman–Crippen MR) is 105 cm³/mol. The SMILES string of the molecule is O=C(N[C@H]1CCN(c2nccn3cccc23)C1)C1=NC(c2ccccc2)N=N1. The third-order valence-electron chi connectivity index (χ3n) is 5.06. The molecular weight excluding hydrogens is 354 g/mol. The third-order valence-corrected chi connectivity index (χ3v) is 5.06. The first-order chi connectivity index (χ1) is 13.8. The van der Waals surface area contributed by atoms with Gasteiger partial charge in [0.05, 0.1) is 5.52 Å². The highest BCUT2D eigenvalue weighted by atomic mass is 16.2. The maximum Gasteiger partial charge on any atom is 0.290 e. The highest BCUT2D eigenvalue weighted by molar-refractivity contribution is 6.38. The molecule has 0 spiro atoms. The Bertz CT molecular complexity index is 1070. The molecule has 1 N–H and O–H groups in total. The monoisotopic (exact) mass is 373 g/mol. The van der Waals surface area contributed by atoms with Crippen molar-refractivity contribution in [3.8, 4) is 0 Å². The van der Waals surface area contributed by atoms with Gasteiger partial charge in [-0.1, -0.05) is 30.3 Å². The van der Waals surface area contributed by atoms with Crippen LogP contribution in [0.1, 0.15) is 18.2 Å². The van der Waals surface area contributed by atoms with Gasteiger partial charge in [-0.15, -0.1) is 5.11 Å². The van der Waals surface area contributed by atoms with Crippen molar-refractivity contribution in [2.75, 3.05) is 18.0 Å². The summed E-state index contributed by atoms with van der Waals surface area (Å²) < 4.78 is 2.05. The molecule has 2 aliphatic heterocycles. The summed E-state index contributed by atoms with van der Waals surface area (Å²) in [5.74, 6) is 0.799. The number of carbonyl (C=O) groups is 1. The van der Waals surface area contributed by atoms with Gasteiger partial charge in [-0.05, 0) is 18.6 Å². The van der Waals surface area contributed by atoms with E-state index in [2.05, 4.69) is 30.4 Å². The minimum atomic E-state index is -0.432. The third kappa shape index (κ3) is 3.02. The zero-order valence-electron chi connectivity index (χ0n) is 15.1. The van der Waals surface area contributed by atoms with Crippen LogP contribution in [0.2, 0.25) is 0 Å². The number of hydrogen-bond acceptors (Lipinski definition) is 6. The second kappa shape index (κ2) is 6.88. The van der Waals surface area contributed by atoms with Gasteiger partial charge >= 0.3 is 0 Å². The minimum absolute atomic E-state index is 0.0261. The lowest BCUT2D eigenvalue weighted by molar-refractivity contribution is -0.115. The summed E-state index contributed by atoms with van der Waals surface area (Å²) >= 11 is 0. The Hall–Kier alpha value is -3.55. The topological polar surface area (TPSA) is 86.7 Å². The molecule has 3 aromatic rings. The van der Waals surface area contributed by atoms with Gasteiger partial charge in [0.2, 0.25) is 5.84 Å². The molecule has 1 unspecified atom stereocenters. The van der Waals surface area contributed by atoms with E-state index in [1.54, 1.807) is 6.20 Å². The molecule has 28 heavy (non-hydrogen) atoms. The van der Waals surface area contributed by atoms with E-state index in [9.17, 15) is 4.79 Å². The maximum absolute atomic E-state index is 12.6. The number of aromatic nitrogens is 2. The summed E-state index contributed by atoms with van der Waals surface area (Å²) in [5.41, 5.74) is 1.99. The summed E-state index contributed by atoms with van der Waals surface area (Å²) in [7, 11) is 0. The summed E-state index contributed by atoms with van der Waals surface area (Å²) in [4.78, 5) is 23.6. The van der Waals surface area contributed by atoms with Crippen molar-refractivity contribution in [3.63, 3.8) is 0 Å². The quantitative estimate of drug-likeness (QED) is 0.763. The zero-order chi connectivity index (χ0) is 18.9. The highest BCUT2D eigenvalue weighted by Crippen LogP contribution is 2.25. The molecule has 0 bridgehead atoms. The number of fused-ring (bicyclic) bond motifs is 1. The number of amidine groups is 1. The fourth-order valence-electron chi connectivity index (χ4n) is 3.67. The first-order valence-corrected chi connectivity index (χ1v) is 9.29. The van der Waals surface area contributed by atoms with Crippen LogP contribution in [-0.4, -0.2) is 40.3 Å². The van der Waals surface area contributed by atoms with Gasteiger partial charge < -0.3 is 14.6 Å². The number of aliphatic imine (C=N–C) groups is 1. The van der Waals surface area contributed by atoms with E-state index in [4.69, 9.17) is 0 Å². The number of rotatable bonds is 4. The Morgan fingerprint density at radius 2 is 2.00 bits per heavy atom. The number of benzene rings is 1. The van der Waals surface area contributed by atoms with Gasteiger partial charge in [0.1, 0.15) is 0 Å². The number of azo groups is 1. The second-order valence-corrected chi connectivity index (χ2v) is 6.91. The summed E-state index contributed by atoms with van der Waals surface area (Å²) in [6.07, 6.45) is 6.15. The van der Waals surface area contributed by atoms with E-state index in [-0.39, 0.29) is 17.8 Å². The normalized spacial score (nSPS) is 21.3. The van der Waals surface area contributed by atoms with Crippen molar-refractivity contribution >= 4 is 23.1 Å². The van der Waals surface area contributed by atoms with Gasteiger partial charge in [-0.2, -0.15) is 5.11 Å². The van der Waals surface area contributed by atoms with Gasteiger partial charge in [0.25, 0.3) is 5.91 Å². The average Bonchev–Trinajstić information content (AvgIpc) is 3.48. The molecule has 4 heterocycles. The van der Waals surface area contributed by atoms with Crippen LogP contribution < -0.4 is 10.2 Å². The lowest BCUT2D eigenvalue weighted by atomic mass is 10.2. The van der Waals surface area contributed by atoms with Crippen molar-refractivity contribution in [1.29, 1.82) is 0 Å². The Morgan fingerprint density at radius 3 is 2.89 bits per heavy atom. The first kappa shape index (κ1) is 16.6. The van der Waals surface area contributed by atoms with E-state index in [1.165, 1.54) is 0 Å². The van der Waals surface area contributed by atoms with E-state index in [0.717, 1.165) is 29.9 Å². The molecule has 2 aromatic heterocycles. The summed E-state index contributed by atoms with van der Waals surface area (Å²) in [6, 6.07) is 13.7. The first-order valence-electron chi connectivity index (χ1n) is 9.29. The summed E-state index contributed by atoms with van der Waals surface area (Å²) in [6.45, 7) is 1.54. The molecule has 1 fully saturated rings. The maximum atomic E-state index is 12.6. The molecule has 2 atom stereocenters. The molecule has 8 heteroatoms. The number of nitrogens with zero attached hydrogens (tertiary/aromatic N) is 6. The van der Waals surface area contributed by atoms with E-state index < -0.39 is 6.17 Å². The van der Waals surface area contributed by atoms with Gasteiger partial charge in [-0.25, -0.2) is 9.98 Å². The Labute approximate surface area is 161 Å². The molecule has 8 nitrogen and oxygen atoms in total. The molecule has 140 valence electrons. The number of amides is 1. The lowest BCUT2D eigenvalue weighted by Gasteiger charge is -2.18. The molecule has 5 rings (SSSR count). The molecular formula is C20H19N7O. The van der Waals surface area contributed by atoms with Crippen molar-refractivity contribution in [2.45, 2.75) is 18.6 Å². The zero-order valence-corrected chi connectivity index (χ0v) is 15.1. The molecule has 1 saturated heterocycles. The fraction of sp³-hybridized carbons (Fsp3) is 0.250. The van der Waals surface area contributed by atoms with Crippen LogP contribution >= 0.6 is 0 Å². The van der Waals surface area contributed by atoms with E-state index >= 15 is 0 Å². The molecule has 1 aromatic carbocycles. The van der Waals surface area contributed by atoms with Crippen molar-refractivity contribution in [2.24, 2.45) is 15.2 Å². The predicted octanol–water partition coefficient (Wildman–Crippen LogP) is 2.59. The lowest BCUT2D eigenvalue weighted by Crippen LogP contribution is -2.40. The van der Waals surface area contributed by atoms with Gasteiger partial charge in [0, 0.05) is 43.3 Å². The largest absolute Gasteiger partial charge is 0.353 e. The highest BCUT2D eigenvalue weighted by Gasteiger charge is 2.29. The minimum Gasteiger partial charge on any atom is -0.353 e. The van der Waals surface area contributed by atoms with E-state index in [0.29, 0.717) is 6.54 Å². The Kier molecular flexibility index (Phi) is 4.08. The van der Waals surface area contributed by atoms with Crippen molar-refractivity contribution in [3.05, 3.63) is 66.6 Å². The average molecular weight is 373 g/mol. The van der Waals surface area contributed by atoms with E-state index in [1.807, 2.05) is 59.3 Å². The number of anilines is 1. The Morgan fingerprint density at radius 1 is 1.11 bits per heavy atom. The van der Waals surface area contributed by atoms with Gasteiger partial charge in [0.15, 0.2) is 12.0 Å².